The smallest absolute Gasteiger partial charge is 0.235 e. The van der Waals surface area contributed by atoms with Crippen LogP contribution in [0.3, 0.4) is 0 Å². The average Bonchev–Trinajstić information content (AvgIpc) is 3.81. The second kappa shape index (κ2) is 9.00. The molecule has 1 aromatic carbocycles. The molecule has 1 unspecified atom stereocenters. The van der Waals surface area contributed by atoms with Gasteiger partial charge in [0, 0.05) is 23.1 Å². The highest BCUT2D eigenvalue weighted by atomic mass is 16.2. The summed E-state index contributed by atoms with van der Waals surface area (Å²) in [6.07, 6.45) is 6.49. The van der Waals surface area contributed by atoms with Gasteiger partial charge >= 0.3 is 0 Å². The number of hydrogen-bond acceptors (Lipinski definition) is 5. The van der Waals surface area contributed by atoms with Gasteiger partial charge in [-0.15, -0.1) is 10.2 Å². The van der Waals surface area contributed by atoms with E-state index >= 15 is 0 Å². The summed E-state index contributed by atoms with van der Waals surface area (Å²) in [5.41, 5.74) is 6.74. The third kappa shape index (κ3) is 4.32. The van der Waals surface area contributed by atoms with Gasteiger partial charge in [-0.1, -0.05) is 18.2 Å². The number of aromatic nitrogens is 6. The summed E-state index contributed by atoms with van der Waals surface area (Å²) in [6.45, 7) is 6.01. The van der Waals surface area contributed by atoms with E-state index in [0.717, 1.165) is 39.5 Å². The Labute approximate surface area is 210 Å². The molecule has 3 N–H and O–H groups in total. The maximum atomic E-state index is 13.8. The number of nitrogens with one attached hydrogen (secondary N) is 3. The minimum absolute atomic E-state index is 0.0253. The van der Waals surface area contributed by atoms with Crippen molar-refractivity contribution in [1.82, 2.24) is 30.4 Å². The Morgan fingerprint density at radius 3 is 2.33 bits per heavy atom. The van der Waals surface area contributed by atoms with Crippen LogP contribution in [0.25, 0.3) is 22.6 Å². The lowest BCUT2D eigenvalue weighted by Crippen LogP contribution is -2.31. The Bertz CT molecular complexity index is 1360. The molecule has 2 fully saturated rings. The predicted molar refractivity (Wildman–Crippen MR) is 138 cm³/mol. The third-order valence-electron chi connectivity index (χ3n) is 7.60. The van der Waals surface area contributed by atoms with E-state index in [-0.39, 0.29) is 17.7 Å². The average molecular weight is 482 g/mol. The number of rotatable bonds is 8. The molecule has 0 radical (unpaired) electrons. The minimum Gasteiger partial charge on any atom is -0.325 e. The van der Waals surface area contributed by atoms with Crippen LogP contribution in [0, 0.1) is 38.5 Å². The third-order valence-corrected chi connectivity index (χ3v) is 7.60. The molecule has 0 spiro atoms. The molecule has 0 saturated heterocycles. The second-order valence-corrected chi connectivity index (χ2v) is 10.3. The molecule has 2 saturated carbocycles. The van der Waals surface area contributed by atoms with E-state index in [1.807, 2.05) is 57.2 Å². The molecule has 0 bridgehead atoms. The lowest BCUT2D eigenvalue weighted by Gasteiger charge is -2.24. The zero-order valence-corrected chi connectivity index (χ0v) is 20.9. The Kier molecular flexibility index (Phi) is 5.66. The highest BCUT2D eigenvalue weighted by Gasteiger charge is 2.49. The normalized spacial score (nSPS) is 16.3. The number of anilines is 1. The standard InChI is InChI=1S/C28H31N7O/c1-15-5-4-14-29-25(15)27-31-26(34-35-27)24(23(19-6-7-19)20-8-9-20)28(36)30-21-12-10-18(11-13-21)22-16(2)32-33-17(22)3/h4-5,10-14,19-20,23-24H,6-9H2,1-3H3,(H,30,36)(H,32,33)(H,31,34,35). The number of benzene rings is 1. The van der Waals surface area contributed by atoms with Gasteiger partial charge in [0.25, 0.3) is 0 Å². The summed E-state index contributed by atoms with van der Waals surface area (Å²) in [5.74, 6) is 2.29. The topological polar surface area (TPSA) is 112 Å². The van der Waals surface area contributed by atoms with Crippen LogP contribution in [-0.2, 0) is 4.79 Å². The van der Waals surface area contributed by atoms with E-state index in [0.29, 0.717) is 23.5 Å². The van der Waals surface area contributed by atoms with E-state index in [1.165, 1.54) is 25.7 Å². The van der Waals surface area contributed by atoms with Crippen LogP contribution in [-0.4, -0.2) is 36.3 Å². The van der Waals surface area contributed by atoms with Crippen LogP contribution >= 0.6 is 0 Å². The molecule has 3 heterocycles. The van der Waals surface area contributed by atoms with Crippen LogP contribution in [0.5, 0.6) is 0 Å². The molecule has 0 aliphatic heterocycles. The minimum atomic E-state index is -0.367. The maximum Gasteiger partial charge on any atom is 0.235 e. The van der Waals surface area contributed by atoms with Gasteiger partial charge in [-0.25, -0.2) is 0 Å². The van der Waals surface area contributed by atoms with Crippen molar-refractivity contribution < 1.29 is 4.79 Å². The number of aromatic amines is 2. The Hall–Kier alpha value is -3.81. The summed E-state index contributed by atoms with van der Waals surface area (Å²) in [4.78, 5) is 21.7. The number of pyridine rings is 1. The first-order chi connectivity index (χ1) is 17.5. The number of aryl methyl sites for hydroxylation is 3. The lowest BCUT2D eigenvalue weighted by atomic mass is 9.82. The molecular formula is C28H31N7O. The molecule has 36 heavy (non-hydrogen) atoms. The van der Waals surface area contributed by atoms with Crippen LogP contribution < -0.4 is 5.32 Å². The van der Waals surface area contributed by atoms with Crippen molar-refractivity contribution in [3.8, 4) is 22.6 Å². The van der Waals surface area contributed by atoms with Gasteiger partial charge in [0.05, 0.1) is 5.69 Å². The fraction of sp³-hybridized carbons (Fsp3) is 0.393. The molecule has 6 rings (SSSR count). The fourth-order valence-corrected chi connectivity index (χ4v) is 5.54. The zero-order chi connectivity index (χ0) is 24.8. The van der Waals surface area contributed by atoms with Gasteiger partial charge in [-0.3, -0.25) is 14.9 Å². The monoisotopic (exact) mass is 481 g/mol. The number of carbonyl (C=O) groups is 1. The largest absolute Gasteiger partial charge is 0.325 e. The van der Waals surface area contributed by atoms with E-state index in [1.54, 1.807) is 6.20 Å². The summed E-state index contributed by atoms with van der Waals surface area (Å²) < 4.78 is 0. The zero-order valence-electron chi connectivity index (χ0n) is 20.9. The van der Waals surface area contributed by atoms with Crippen LogP contribution in [0.4, 0.5) is 5.69 Å². The molecule has 1 amide bonds. The number of hydrogen-bond donors (Lipinski definition) is 3. The van der Waals surface area contributed by atoms with E-state index < -0.39 is 0 Å². The molecule has 8 nitrogen and oxygen atoms in total. The quantitative estimate of drug-likeness (QED) is 0.314. The first-order valence-electron chi connectivity index (χ1n) is 12.8. The number of amides is 1. The Morgan fingerprint density at radius 1 is 1.00 bits per heavy atom. The number of nitrogens with zero attached hydrogens (tertiary/aromatic N) is 4. The summed E-state index contributed by atoms with van der Waals surface area (Å²) in [5, 5.41) is 19.4. The summed E-state index contributed by atoms with van der Waals surface area (Å²) in [7, 11) is 0. The number of H-pyrrole nitrogens is 2. The first-order valence-corrected chi connectivity index (χ1v) is 12.8. The molecule has 1 atom stereocenters. The van der Waals surface area contributed by atoms with Crippen molar-refractivity contribution in [1.29, 1.82) is 0 Å². The van der Waals surface area contributed by atoms with Gasteiger partial charge in [-0.2, -0.15) is 5.10 Å². The van der Waals surface area contributed by atoms with E-state index in [4.69, 9.17) is 0 Å². The SMILES string of the molecule is Cc1cccnc1-c1nnc(C(C(=O)Nc2ccc(-c3c(C)n[nH]c3C)cc2)C(C2CC2)C2CC2)[nH]1. The van der Waals surface area contributed by atoms with Crippen LogP contribution in [0.2, 0.25) is 0 Å². The van der Waals surface area contributed by atoms with E-state index in [2.05, 4.69) is 35.7 Å². The highest BCUT2D eigenvalue weighted by molar-refractivity contribution is 5.96. The Balaban J connectivity index is 1.29. The van der Waals surface area contributed by atoms with Gasteiger partial charge < -0.3 is 10.3 Å². The maximum absolute atomic E-state index is 13.8. The molecule has 2 aliphatic rings. The van der Waals surface area contributed by atoms with Crippen molar-refractivity contribution in [2.24, 2.45) is 17.8 Å². The fourth-order valence-electron chi connectivity index (χ4n) is 5.54. The van der Waals surface area contributed by atoms with Gasteiger partial charge in [0.1, 0.15) is 17.4 Å². The lowest BCUT2D eigenvalue weighted by molar-refractivity contribution is -0.119. The summed E-state index contributed by atoms with van der Waals surface area (Å²) >= 11 is 0. The molecule has 184 valence electrons. The highest BCUT2D eigenvalue weighted by Crippen LogP contribution is 2.54. The molecule has 3 aromatic heterocycles. The first kappa shape index (κ1) is 22.6. The number of carbonyl (C=O) groups excluding carboxylic acids is 1. The van der Waals surface area contributed by atoms with Crippen molar-refractivity contribution in [3.05, 3.63) is 65.4 Å². The van der Waals surface area contributed by atoms with E-state index in [9.17, 15) is 4.79 Å². The molecule has 2 aliphatic carbocycles. The van der Waals surface area contributed by atoms with Crippen LogP contribution in [0.1, 0.15) is 54.4 Å². The van der Waals surface area contributed by atoms with Crippen molar-refractivity contribution >= 4 is 11.6 Å². The molecule has 4 aromatic rings. The summed E-state index contributed by atoms with van der Waals surface area (Å²) in [6, 6.07) is 11.9. The van der Waals surface area contributed by atoms with Crippen molar-refractivity contribution in [2.75, 3.05) is 5.32 Å². The van der Waals surface area contributed by atoms with Gasteiger partial charge in [0.2, 0.25) is 5.91 Å². The molecule has 8 heteroatoms. The van der Waals surface area contributed by atoms with Crippen LogP contribution in [0.15, 0.2) is 42.6 Å². The second-order valence-electron chi connectivity index (χ2n) is 10.3. The van der Waals surface area contributed by atoms with Crippen molar-refractivity contribution in [3.63, 3.8) is 0 Å². The predicted octanol–water partition coefficient (Wildman–Crippen LogP) is 5.34. The molecular weight excluding hydrogens is 450 g/mol. The van der Waals surface area contributed by atoms with Gasteiger partial charge in [-0.05, 0) is 93.5 Å². The Morgan fingerprint density at radius 2 is 1.72 bits per heavy atom. The van der Waals surface area contributed by atoms with Gasteiger partial charge in [0.15, 0.2) is 5.82 Å². The van der Waals surface area contributed by atoms with Crippen molar-refractivity contribution in [2.45, 2.75) is 52.4 Å².